The summed E-state index contributed by atoms with van der Waals surface area (Å²) in [5.41, 5.74) is 4.46. The Labute approximate surface area is 193 Å². The van der Waals surface area contributed by atoms with Gasteiger partial charge in [0, 0.05) is 18.9 Å². The van der Waals surface area contributed by atoms with Crippen molar-refractivity contribution in [3.63, 3.8) is 0 Å². The molecule has 1 unspecified atom stereocenters. The molecular formula is C25H28N4O4. The summed E-state index contributed by atoms with van der Waals surface area (Å²) in [7, 11) is 1.53. The lowest BCUT2D eigenvalue weighted by atomic mass is 9.97. The van der Waals surface area contributed by atoms with Gasteiger partial charge in [0.05, 0.1) is 6.07 Å². The molecule has 8 nitrogen and oxygen atoms in total. The van der Waals surface area contributed by atoms with E-state index in [1.165, 1.54) is 7.05 Å². The highest BCUT2D eigenvalue weighted by atomic mass is 16.5. The molecule has 33 heavy (non-hydrogen) atoms. The maximum atomic E-state index is 12.2. The van der Waals surface area contributed by atoms with Crippen molar-refractivity contribution in [1.29, 1.82) is 5.26 Å². The van der Waals surface area contributed by atoms with Crippen molar-refractivity contribution in [2.75, 3.05) is 20.2 Å². The highest BCUT2D eigenvalue weighted by Crippen LogP contribution is 2.44. The van der Waals surface area contributed by atoms with E-state index in [0.717, 1.165) is 22.3 Å². The third kappa shape index (κ3) is 5.69. The van der Waals surface area contributed by atoms with Crippen molar-refractivity contribution >= 4 is 17.9 Å². The number of nitrogens with zero attached hydrogens (tertiary/aromatic N) is 1. The number of rotatable bonds is 9. The van der Waals surface area contributed by atoms with Gasteiger partial charge in [-0.1, -0.05) is 55.5 Å². The summed E-state index contributed by atoms with van der Waals surface area (Å²) in [4.78, 5) is 36.2. The van der Waals surface area contributed by atoms with Gasteiger partial charge >= 0.3 is 6.09 Å². The second kappa shape index (κ2) is 11.1. The van der Waals surface area contributed by atoms with Crippen molar-refractivity contribution in [2.24, 2.45) is 5.92 Å². The van der Waals surface area contributed by atoms with Gasteiger partial charge in [-0.25, -0.2) is 4.79 Å². The standard InChI is InChI=1S/C25H28N4O4/c1-3-16(24(31)27-2)12-17(13-26)29-23(30)14-28-25(32)33-15-22-20-10-6-4-8-18(20)19-9-5-7-11-21(19)22/h4-11,16-17,22H,3,12,14-15H2,1-2H3,(H,27,31)(H,28,32)(H,29,30)/t16?,17-/m0/s1. The average Bonchev–Trinajstić information content (AvgIpc) is 3.17. The SMILES string of the molecule is CCC(C[C@@H](C#N)NC(=O)CNC(=O)OCC1c2ccccc2-c2ccccc21)C(=O)NC. The molecule has 1 aliphatic carbocycles. The van der Waals surface area contributed by atoms with Crippen LogP contribution in [-0.4, -0.2) is 44.1 Å². The molecule has 0 fully saturated rings. The fourth-order valence-corrected chi connectivity index (χ4v) is 4.14. The first kappa shape index (κ1) is 23.8. The van der Waals surface area contributed by atoms with E-state index in [2.05, 4.69) is 28.1 Å². The number of alkyl carbamates (subject to hydrolysis) is 1. The number of benzene rings is 2. The van der Waals surface area contributed by atoms with E-state index in [1.54, 1.807) is 0 Å². The average molecular weight is 449 g/mol. The molecule has 0 bridgehead atoms. The lowest BCUT2D eigenvalue weighted by Crippen LogP contribution is -2.43. The maximum Gasteiger partial charge on any atom is 0.407 e. The first-order valence-corrected chi connectivity index (χ1v) is 11.0. The van der Waals surface area contributed by atoms with Crippen molar-refractivity contribution < 1.29 is 19.1 Å². The number of amides is 3. The normalized spacial score (nSPS) is 13.6. The third-order valence-corrected chi connectivity index (χ3v) is 5.86. The molecule has 1 aliphatic rings. The number of ether oxygens (including phenoxy) is 1. The number of hydrogen-bond acceptors (Lipinski definition) is 5. The molecule has 3 N–H and O–H groups in total. The van der Waals surface area contributed by atoms with Crippen LogP contribution in [0.5, 0.6) is 0 Å². The van der Waals surface area contributed by atoms with E-state index in [0.29, 0.717) is 6.42 Å². The molecule has 8 heteroatoms. The van der Waals surface area contributed by atoms with Gasteiger partial charge in [-0.05, 0) is 35.1 Å². The van der Waals surface area contributed by atoms with Crippen LogP contribution in [0.15, 0.2) is 48.5 Å². The van der Waals surface area contributed by atoms with Crippen LogP contribution in [0.25, 0.3) is 11.1 Å². The van der Waals surface area contributed by atoms with Crippen LogP contribution in [0, 0.1) is 17.2 Å². The zero-order chi connectivity index (χ0) is 23.8. The summed E-state index contributed by atoms with van der Waals surface area (Å²) in [6.45, 7) is 1.66. The number of fused-ring (bicyclic) bond motifs is 3. The Morgan fingerprint density at radius 1 is 1.06 bits per heavy atom. The Kier molecular flexibility index (Phi) is 8.03. The Morgan fingerprint density at radius 3 is 2.21 bits per heavy atom. The van der Waals surface area contributed by atoms with Gasteiger partial charge in [0.25, 0.3) is 0 Å². The highest BCUT2D eigenvalue weighted by molar-refractivity contribution is 5.83. The zero-order valence-corrected chi connectivity index (χ0v) is 18.8. The molecule has 3 amide bonds. The summed E-state index contributed by atoms with van der Waals surface area (Å²) in [5.74, 6) is -1.16. The van der Waals surface area contributed by atoms with Gasteiger partial charge in [0.1, 0.15) is 19.2 Å². The van der Waals surface area contributed by atoms with Gasteiger partial charge in [0.2, 0.25) is 11.8 Å². The van der Waals surface area contributed by atoms with E-state index < -0.39 is 18.0 Å². The predicted molar refractivity (Wildman–Crippen MR) is 123 cm³/mol. The van der Waals surface area contributed by atoms with Crippen LogP contribution in [0.1, 0.15) is 36.8 Å². The van der Waals surface area contributed by atoms with E-state index in [9.17, 15) is 19.6 Å². The Bertz CT molecular complexity index is 1020. The van der Waals surface area contributed by atoms with Crippen LogP contribution < -0.4 is 16.0 Å². The van der Waals surface area contributed by atoms with Gasteiger partial charge in [-0.3, -0.25) is 9.59 Å². The van der Waals surface area contributed by atoms with Gasteiger partial charge < -0.3 is 20.7 Å². The predicted octanol–water partition coefficient (Wildman–Crippen LogP) is 2.70. The Balaban J connectivity index is 1.49. The quantitative estimate of drug-likeness (QED) is 0.545. The van der Waals surface area contributed by atoms with E-state index in [-0.39, 0.29) is 37.3 Å². The minimum atomic E-state index is -0.830. The van der Waals surface area contributed by atoms with E-state index >= 15 is 0 Å². The molecular weight excluding hydrogens is 420 g/mol. The summed E-state index contributed by atoms with van der Waals surface area (Å²) in [6.07, 6.45) is 0.0343. The van der Waals surface area contributed by atoms with Crippen LogP contribution in [-0.2, 0) is 14.3 Å². The number of nitrogens with one attached hydrogen (secondary N) is 3. The third-order valence-electron chi connectivity index (χ3n) is 5.86. The van der Waals surface area contributed by atoms with Crippen LogP contribution in [0.4, 0.5) is 4.79 Å². The lowest BCUT2D eigenvalue weighted by Gasteiger charge is -2.18. The largest absolute Gasteiger partial charge is 0.449 e. The van der Waals surface area contributed by atoms with Gasteiger partial charge in [-0.15, -0.1) is 0 Å². The molecule has 0 heterocycles. The molecule has 0 saturated carbocycles. The number of nitriles is 1. The van der Waals surface area contributed by atoms with E-state index in [1.807, 2.05) is 49.4 Å². The zero-order valence-electron chi connectivity index (χ0n) is 18.8. The number of carbonyl (C=O) groups excluding carboxylic acids is 3. The van der Waals surface area contributed by atoms with Crippen LogP contribution in [0.2, 0.25) is 0 Å². The first-order chi connectivity index (χ1) is 16.0. The monoisotopic (exact) mass is 448 g/mol. The molecule has 0 spiro atoms. The van der Waals surface area contributed by atoms with Gasteiger partial charge in [-0.2, -0.15) is 5.26 Å². The summed E-state index contributed by atoms with van der Waals surface area (Å²) >= 11 is 0. The molecule has 0 saturated heterocycles. The lowest BCUT2D eigenvalue weighted by molar-refractivity contribution is -0.125. The first-order valence-electron chi connectivity index (χ1n) is 11.0. The molecule has 2 aromatic carbocycles. The molecule has 0 radical (unpaired) electrons. The molecule has 0 aliphatic heterocycles. The fraction of sp³-hybridized carbons (Fsp3) is 0.360. The highest BCUT2D eigenvalue weighted by Gasteiger charge is 2.29. The van der Waals surface area contributed by atoms with Crippen molar-refractivity contribution in [3.8, 4) is 17.2 Å². The van der Waals surface area contributed by atoms with Crippen molar-refractivity contribution in [3.05, 3.63) is 59.7 Å². The smallest absolute Gasteiger partial charge is 0.407 e. The molecule has 2 atom stereocenters. The van der Waals surface area contributed by atoms with Crippen molar-refractivity contribution in [1.82, 2.24) is 16.0 Å². The minimum Gasteiger partial charge on any atom is -0.449 e. The van der Waals surface area contributed by atoms with Gasteiger partial charge in [0.15, 0.2) is 0 Å². The second-order valence-electron chi connectivity index (χ2n) is 7.88. The summed E-state index contributed by atoms with van der Waals surface area (Å²) in [5, 5.41) is 16.8. The number of carbonyl (C=O) groups is 3. The number of hydrogen-bond donors (Lipinski definition) is 3. The van der Waals surface area contributed by atoms with Crippen molar-refractivity contribution in [2.45, 2.75) is 31.7 Å². The van der Waals surface area contributed by atoms with E-state index in [4.69, 9.17) is 4.74 Å². The summed E-state index contributed by atoms with van der Waals surface area (Å²) < 4.78 is 5.40. The second-order valence-corrected chi connectivity index (χ2v) is 7.88. The molecule has 2 aromatic rings. The maximum absolute atomic E-state index is 12.2. The van der Waals surface area contributed by atoms with Crippen LogP contribution >= 0.6 is 0 Å². The minimum absolute atomic E-state index is 0.0735. The fourth-order valence-electron chi connectivity index (χ4n) is 4.14. The Hall–Kier alpha value is -3.86. The van der Waals surface area contributed by atoms with Crippen LogP contribution in [0.3, 0.4) is 0 Å². The topological polar surface area (TPSA) is 120 Å². The molecule has 0 aromatic heterocycles. The Morgan fingerprint density at radius 2 is 1.67 bits per heavy atom. The summed E-state index contributed by atoms with van der Waals surface area (Å²) in [6, 6.07) is 17.2. The molecule has 3 rings (SSSR count). The molecule has 172 valence electrons.